The predicted molar refractivity (Wildman–Crippen MR) is 152 cm³/mol. The number of benzene rings is 2. The third-order valence-corrected chi connectivity index (χ3v) is 12.6. The van der Waals surface area contributed by atoms with Crippen LogP contribution in [0.2, 0.25) is 0 Å². The molecule has 3 rings (SSSR count). The third-order valence-electron chi connectivity index (χ3n) is 4.30. The standard InChI is InChI=1S/C19H6Br8O5S.2Na/c20-7-1-5(2-8(21)17(7)28)11(6-3-9(22)18(29)10(23)4-6)12-13(24)14(25)15(26)16(27)19(12)33(30,31)32;;/h1-4,28H,(H,30,31,32);;/q;2*+1/p-2. The van der Waals surface area contributed by atoms with E-state index in [0.717, 1.165) is 0 Å². The molecule has 1 aliphatic rings. The van der Waals surface area contributed by atoms with E-state index in [1.54, 1.807) is 0 Å². The molecule has 0 radical (unpaired) electrons. The Morgan fingerprint density at radius 1 is 0.743 bits per heavy atom. The van der Waals surface area contributed by atoms with E-state index < -0.39 is 15.0 Å². The first-order chi connectivity index (χ1) is 15.2. The molecule has 16 heteroatoms. The fourth-order valence-corrected chi connectivity index (χ4v) is 9.26. The molecular weight excluding hydrogens is 1030 g/mol. The summed E-state index contributed by atoms with van der Waals surface area (Å²) in [6.45, 7) is 0. The zero-order valence-electron chi connectivity index (χ0n) is 17.3. The molecule has 0 aromatic heterocycles. The summed E-state index contributed by atoms with van der Waals surface area (Å²) in [6.07, 6.45) is 3.01. The van der Waals surface area contributed by atoms with E-state index in [9.17, 15) is 22.9 Å². The molecule has 2 aromatic rings. The molecule has 0 fully saturated rings. The summed E-state index contributed by atoms with van der Waals surface area (Å²) in [5.74, 6) is -0.631. The molecule has 1 aliphatic carbocycles. The molecule has 5 nitrogen and oxygen atoms in total. The van der Waals surface area contributed by atoms with Gasteiger partial charge in [0, 0.05) is 27.9 Å². The monoisotopic (exact) mass is 1020 g/mol. The largest absolute Gasteiger partial charge is 1.00 e. The number of rotatable bonds is 3. The van der Waals surface area contributed by atoms with Crippen LogP contribution in [0.15, 0.2) is 70.6 Å². The van der Waals surface area contributed by atoms with Crippen LogP contribution in [0.25, 0.3) is 5.57 Å². The van der Waals surface area contributed by atoms with E-state index in [-0.39, 0.29) is 109 Å². The first kappa shape index (κ1) is 35.9. The van der Waals surface area contributed by atoms with E-state index in [2.05, 4.69) is 127 Å². The van der Waals surface area contributed by atoms with Crippen LogP contribution in [-0.2, 0) is 14.9 Å². The first-order valence-corrected chi connectivity index (χ1v) is 15.9. The quantitative estimate of drug-likeness (QED) is 0.204. The molecule has 174 valence electrons. The fourth-order valence-electron chi connectivity index (χ4n) is 2.93. The Kier molecular flexibility index (Phi) is 14.5. The van der Waals surface area contributed by atoms with E-state index >= 15 is 0 Å². The molecular formula is C19H4Br8Na2O5S. The van der Waals surface area contributed by atoms with Gasteiger partial charge in [-0.15, -0.1) is 0 Å². The topological polar surface area (TPSA) is 97.3 Å². The Balaban J connectivity index is 0.00000306. The second-order valence-corrected chi connectivity index (χ2v) is 14.2. The summed E-state index contributed by atoms with van der Waals surface area (Å²) in [5, 5.41) is 12.3. The summed E-state index contributed by atoms with van der Waals surface area (Å²) in [5.41, 5.74) is 1.10. The zero-order valence-corrected chi connectivity index (χ0v) is 34.8. The van der Waals surface area contributed by atoms with E-state index in [1.807, 2.05) is 0 Å². The van der Waals surface area contributed by atoms with Crippen molar-refractivity contribution in [2.24, 2.45) is 0 Å². The predicted octanol–water partition coefficient (Wildman–Crippen LogP) is 2.19. The molecule has 2 aromatic carbocycles. The van der Waals surface area contributed by atoms with Crippen LogP contribution in [-0.4, -0.2) is 18.8 Å². The van der Waals surface area contributed by atoms with Crippen molar-refractivity contribution in [1.29, 1.82) is 0 Å². The summed E-state index contributed by atoms with van der Waals surface area (Å²) in [4.78, 5) is 11.7. The van der Waals surface area contributed by atoms with Gasteiger partial charge in [0.1, 0.15) is 10.1 Å². The van der Waals surface area contributed by atoms with Gasteiger partial charge in [0.2, 0.25) is 5.78 Å². The maximum Gasteiger partial charge on any atom is 1.00 e. The van der Waals surface area contributed by atoms with Crippen LogP contribution in [0.1, 0.15) is 11.1 Å². The summed E-state index contributed by atoms with van der Waals surface area (Å²) >= 11 is 26.2. The Hall–Kier alpha value is 2.88. The normalized spacial score (nSPS) is 13.5. The minimum absolute atomic E-state index is 0. The number of ketones is 1. The van der Waals surface area contributed by atoms with E-state index in [4.69, 9.17) is 0 Å². The van der Waals surface area contributed by atoms with Crippen LogP contribution in [0.5, 0.6) is 5.75 Å². The van der Waals surface area contributed by atoms with Crippen molar-refractivity contribution in [3.05, 3.63) is 76.8 Å². The van der Waals surface area contributed by atoms with Gasteiger partial charge in [0.05, 0.1) is 18.3 Å². The first-order valence-electron chi connectivity index (χ1n) is 8.18. The number of hydrogen-bond acceptors (Lipinski definition) is 5. The van der Waals surface area contributed by atoms with Gasteiger partial charge in [-0.2, -0.15) is 0 Å². The summed E-state index contributed by atoms with van der Waals surface area (Å²) < 4.78 is 39.2. The van der Waals surface area contributed by atoms with Crippen molar-refractivity contribution >= 4 is 149 Å². The Bertz CT molecular complexity index is 1400. The SMILES string of the molecule is O=C1C(Br)=CC(=C(c2cc(Br)c([O-])c(Br)c2)c2c(Br)c(Br)c(Br)c(Br)c2S(=O)(=O)[O-])C=C1Br.[Na+].[Na+]. The molecule has 0 saturated heterocycles. The van der Waals surface area contributed by atoms with Crippen molar-refractivity contribution in [2.75, 3.05) is 0 Å². The molecule has 0 saturated carbocycles. The number of carbonyl (C=O) groups is 1. The molecule has 0 aliphatic heterocycles. The van der Waals surface area contributed by atoms with Crippen LogP contribution in [0.3, 0.4) is 0 Å². The van der Waals surface area contributed by atoms with Gasteiger partial charge in [0.15, 0.2) is 0 Å². The van der Waals surface area contributed by atoms with Gasteiger partial charge >= 0.3 is 59.1 Å². The van der Waals surface area contributed by atoms with Gasteiger partial charge in [-0.05, 0) is 137 Å². The van der Waals surface area contributed by atoms with Crippen molar-refractivity contribution in [2.45, 2.75) is 4.90 Å². The number of Topliss-reactive ketones (excluding diaryl/α,β-unsaturated/α-hetero) is 1. The Morgan fingerprint density at radius 3 is 1.60 bits per heavy atom. The second kappa shape index (κ2) is 14.2. The second-order valence-electron chi connectivity index (χ2n) is 6.33. The minimum atomic E-state index is -5.01. The van der Waals surface area contributed by atoms with Gasteiger partial charge in [-0.1, -0.05) is 37.6 Å². The Labute approximate surface area is 312 Å². The molecule has 0 heterocycles. The van der Waals surface area contributed by atoms with Gasteiger partial charge < -0.3 is 9.66 Å². The van der Waals surface area contributed by atoms with Crippen molar-refractivity contribution < 1.29 is 82.0 Å². The molecule has 0 unspecified atom stereocenters. The average molecular weight is 1030 g/mol. The number of allylic oxidation sites excluding steroid dienone is 5. The van der Waals surface area contributed by atoms with Gasteiger partial charge in [-0.25, -0.2) is 8.42 Å². The fraction of sp³-hybridized carbons (Fsp3) is 0. The summed E-state index contributed by atoms with van der Waals surface area (Å²) in [6, 6.07) is 3.01. The Morgan fingerprint density at radius 2 is 1.17 bits per heavy atom. The van der Waals surface area contributed by atoms with Crippen molar-refractivity contribution in [3.63, 3.8) is 0 Å². The van der Waals surface area contributed by atoms with Crippen LogP contribution < -0.4 is 64.2 Å². The maximum atomic E-state index is 12.4. The van der Waals surface area contributed by atoms with E-state index in [0.29, 0.717) is 20.1 Å². The smallest absolute Gasteiger partial charge is 0.871 e. The minimum Gasteiger partial charge on any atom is -0.871 e. The maximum absolute atomic E-state index is 12.4. The average Bonchev–Trinajstić information content (AvgIpc) is 2.71. The molecule has 35 heavy (non-hydrogen) atoms. The third kappa shape index (κ3) is 7.59. The number of hydrogen-bond donors (Lipinski definition) is 0. The van der Waals surface area contributed by atoms with Crippen molar-refractivity contribution in [3.8, 4) is 5.75 Å². The molecule has 0 N–H and O–H groups in total. The number of halogens is 8. The molecule has 0 bridgehead atoms. The number of carbonyl (C=O) groups excluding carboxylic acids is 1. The molecule has 0 amide bonds. The van der Waals surface area contributed by atoms with Gasteiger partial charge in [0.25, 0.3) is 0 Å². The summed E-state index contributed by atoms with van der Waals surface area (Å²) in [7, 11) is -5.01. The van der Waals surface area contributed by atoms with E-state index in [1.165, 1.54) is 24.3 Å². The van der Waals surface area contributed by atoms with Crippen LogP contribution >= 0.6 is 127 Å². The molecule has 0 spiro atoms. The van der Waals surface area contributed by atoms with Crippen LogP contribution in [0.4, 0.5) is 0 Å². The molecule has 0 atom stereocenters. The van der Waals surface area contributed by atoms with Crippen LogP contribution in [0, 0.1) is 0 Å². The zero-order chi connectivity index (χ0) is 25.0. The van der Waals surface area contributed by atoms with Gasteiger partial charge in [-0.3, -0.25) is 4.79 Å². The van der Waals surface area contributed by atoms with Crippen molar-refractivity contribution in [1.82, 2.24) is 0 Å².